The highest BCUT2D eigenvalue weighted by atomic mass is 16.6. The van der Waals surface area contributed by atoms with Crippen molar-refractivity contribution < 1.29 is 9.72 Å². The van der Waals surface area contributed by atoms with Crippen LogP contribution < -0.4 is 17.0 Å². The Kier molecular flexibility index (Phi) is 3.12. The summed E-state index contributed by atoms with van der Waals surface area (Å²) >= 11 is 0. The van der Waals surface area contributed by atoms with Crippen molar-refractivity contribution in [1.29, 1.82) is 0 Å². The minimum Gasteiger partial charge on any atom is -0.384 e. The number of carbonyl (C=O) groups excluding carboxylic acids is 1. The van der Waals surface area contributed by atoms with Crippen molar-refractivity contribution >= 4 is 17.4 Å². The van der Waals surface area contributed by atoms with Crippen LogP contribution in [-0.2, 0) is 0 Å². The number of nitro groups is 1. The van der Waals surface area contributed by atoms with Gasteiger partial charge in [-0.2, -0.15) is 5.10 Å². The molecule has 1 aromatic carbocycles. The molecule has 0 saturated heterocycles. The van der Waals surface area contributed by atoms with E-state index >= 15 is 0 Å². The van der Waals surface area contributed by atoms with Crippen molar-refractivity contribution in [2.45, 2.75) is 0 Å². The van der Waals surface area contributed by atoms with Gasteiger partial charge in [0.2, 0.25) is 0 Å². The van der Waals surface area contributed by atoms with Crippen molar-refractivity contribution in [3.8, 4) is 5.69 Å². The molecule has 0 bridgehead atoms. The lowest BCUT2D eigenvalue weighted by atomic mass is 10.3. The number of nitro benzene ring substituents is 1. The lowest BCUT2D eigenvalue weighted by Crippen LogP contribution is -2.30. The van der Waals surface area contributed by atoms with Crippen LogP contribution in [-0.4, -0.2) is 20.6 Å². The quantitative estimate of drug-likeness (QED) is 0.307. The maximum absolute atomic E-state index is 11.3. The number of nitrogens with two attached hydrogens (primary N) is 2. The van der Waals surface area contributed by atoms with Crippen molar-refractivity contribution in [2.24, 2.45) is 5.84 Å². The van der Waals surface area contributed by atoms with Crippen LogP contribution in [0.2, 0.25) is 0 Å². The molecule has 1 aromatic heterocycles. The van der Waals surface area contributed by atoms with Crippen LogP contribution in [0, 0.1) is 10.1 Å². The Hall–Kier alpha value is -2.94. The van der Waals surface area contributed by atoms with Gasteiger partial charge < -0.3 is 5.73 Å². The van der Waals surface area contributed by atoms with Crippen LogP contribution in [0.3, 0.4) is 0 Å². The fraction of sp³-hybridized carbons (Fsp3) is 0. The first-order chi connectivity index (χ1) is 9.02. The molecule has 0 fully saturated rings. The molecule has 19 heavy (non-hydrogen) atoms. The first-order valence-electron chi connectivity index (χ1n) is 5.14. The van der Waals surface area contributed by atoms with Crippen molar-refractivity contribution in [3.05, 3.63) is 46.1 Å². The summed E-state index contributed by atoms with van der Waals surface area (Å²) in [5.74, 6) is 4.55. The second-order valence-corrected chi connectivity index (χ2v) is 3.62. The van der Waals surface area contributed by atoms with Gasteiger partial charge in [0.25, 0.3) is 11.6 Å². The monoisotopic (exact) mass is 262 g/mol. The van der Waals surface area contributed by atoms with Gasteiger partial charge in [0.1, 0.15) is 5.82 Å². The number of amides is 1. The van der Waals surface area contributed by atoms with Gasteiger partial charge in [-0.15, -0.1) is 0 Å². The number of nitrogens with one attached hydrogen (secondary N) is 1. The summed E-state index contributed by atoms with van der Waals surface area (Å²) in [7, 11) is 0. The second kappa shape index (κ2) is 4.74. The number of nitrogens with zero attached hydrogens (tertiary/aromatic N) is 3. The lowest BCUT2D eigenvalue weighted by Gasteiger charge is -2.03. The molecule has 2 rings (SSSR count). The molecular formula is C10H10N6O3. The number of anilines is 1. The molecule has 0 radical (unpaired) electrons. The zero-order valence-corrected chi connectivity index (χ0v) is 9.61. The molecule has 0 unspecified atom stereocenters. The van der Waals surface area contributed by atoms with Crippen LogP contribution in [0.15, 0.2) is 30.3 Å². The van der Waals surface area contributed by atoms with Crippen molar-refractivity contribution in [1.82, 2.24) is 15.2 Å². The summed E-state index contributed by atoms with van der Waals surface area (Å²) < 4.78 is 1.22. The van der Waals surface area contributed by atoms with Crippen LogP contribution in [0.1, 0.15) is 10.5 Å². The van der Waals surface area contributed by atoms with Gasteiger partial charge in [0, 0.05) is 18.2 Å². The van der Waals surface area contributed by atoms with Gasteiger partial charge in [-0.25, -0.2) is 10.5 Å². The molecule has 0 atom stereocenters. The highest BCUT2D eigenvalue weighted by molar-refractivity contribution is 5.92. The van der Waals surface area contributed by atoms with Gasteiger partial charge in [-0.3, -0.25) is 20.3 Å². The number of hydrogen-bond donors (Lipinski definition) is 3. The Morgan fingerprint density at radius 3 is 2.79 bits per heavy atom. The molecule has 0 saturated carbocycles. The second-order valence-electron chi connectivity index (χ2n) is 3.62. The lowest BCUT2D eigenvalue weighted by molar-refractivity contribution is -0.384. The molecular weight excluding hydrogens is 252 g/mol. The first-order valence-corrected chi connectivity index (χ1v) is 5.14. The summed E-state index contributed by atoms with van der Waals surface area (Å²) in [4.78, 5) is 21.5. The summed E-state index contributed by atoms with van der Waals surface area (Å²) in [5, 5.41) is 14.6. The van der Waals surface area contributed by atoms with Gasteiger partial charge in [-0.05, 0) is 6.07 Å². The number of hydrazine groups is 1. The van der Waals surface area contributed by atoms with Gasteiger partial charge in [-0.1, -0.05) is 6.07 Å². The Morgan fingerprint density at radius 2 is 2.16 bits per heavy atom. The number of aromatic nitrogens is 2. The number of hydrogen-bond acceptors (Lipinski definition) is 6. The predicted molar refractivity (Wildman–Crippen MR) is 66.3 cm³/mol. The van der Waals surface area contributed by atoms with E-state index in [9.17, 15) is 14.9 Å². The molecule has 2 aromatic rings. The van der Waals surface area contributed by atoms with E-state index < -0.39 is 10.8 Å². The molecule has 9 heteroatoms. The van der Waals surface area contributed by atoms with E-state index in [1.54, 1.807) is 6.07 Å². The van der Waals surface area contributed by atoms with Gasteiger partial charge >= 0.3 is 0 Å². The number of benzene rings is 1. The van der Waals surface area contributed by atoms with Crippen LogP contribution >= 0.6 is 0 Å². The van der Waals surface area contributed by atoms with Crippen LogP contribution in [0.25, 0.3) is 5.69 Å². The number of nitrogen functional groups attached to an aromatic ring is 2. The highest BCUT2D eigenvalue weighted by Gasteiger charge is 2.14. The maximum atomic E-state index is 11.3. The molecule has 0 spiro atoms. The molecule has 1 heterocycles. The average molecular weight is 262 g/mol. The maximum Gasteiger partial charge on any atom is 0.285 e. The van der Waals surface area contributed by atoms with E-state index in [0.717, 1.165) is 0 Å². The standard InChI is InChI=1S/C10H10N6O3/c11-9-5-8(10(17)13-12)14-15(9)6-2-1-3-7(4-6)16(18)19/h1-5H,11-12H2,(H,13,17). The number of carbonyl (C=O) groups is 1. The zero-order valence-electron chi connectivity index (χ0n) is 9.61. The Morgan fingerprint density at radius 1 is 1.42 bits per heavy atom. The molecule has 5 N–H and O–H groups in total. The summed E-state index contributed by atoms with van der Waals surface area (Å²) in [6.07, 6.45) is 0. The summed E-state index contributed by atoms with van der Waals surface area (Å²) in [6, 6.07) is 7.04. The summed E-state index contributed by atoms with van der Waals surface area (Å²) in [5.41, 5.74) is 7.92. The van der Waals surface area contributed by atoms with Crippen LogP contribution in [0.5, 0.6) is 0 Å². The third-order valence-electron chi connectivity index (χ3n) is 2.39. The van der Waals surface area contributed by atoms with E-state index in [1.165, 1.54) is 28.9 Å². The summed E-state index contributed by atoms with van der Waals surface area (Å²) in [6.45, 7) is 0. The third-order valence-corrected chi connectivity index (χ3v) is 2.39. The van der Waals surface area contributed by atoms with E-state index in [1.807, 2.05) is 5.43 Å². The van der Waals surface area contributed by atoms with Crippen LogP contribution in [0.4, 0.5) is 11.5 Å². The normalized spacial score (nSPS) is 10.2. The molecule has 0 aliphatic rings. The van der Waals surface area contributed by atoms with Gasteiger partial charge in [0.15, 0.2) is 5.69 Å². The van der Waals surface area contributed by atoms with Crippen molar-refractivity contribution in [2.75, 3.05) is 5.73 Å². The first kappa shape index (κ1) is 12.5. The van der Waals surface area contributed by atoms with E-state index in [2.05, 4.69) is 5.10 Å². The molecule has 9 nitrogen and oxygen atoms in total. The third kappa shape index (κ3) is 2.35. The fourth-order valence-corrected chi connectivity index (χ4v) is 1.53. The van der Waals surface area contributed by atoms with E-state index in [-0.39, 0.29) is 17.2 Å². The minimum atomic E-state index is -0.601. The SMILES string of the molecule is NNC(=O)c1cc(N)n(-c2cccc([N+](=O)[O-])c2)n1. The van der Waals surface area contributed by atoms with E-state index in [0.29, 0.717) is 5.69 Å². The molecule has 98 valence electrons. The topological polar surface area (TPSA) is 142 Å². The number of non-ortho nitro benzene ring substituents is 1. The van der Waals surface area contributed by atoms with E-state index in [4.69, 9.17) is 11.6 Å². The minimum absolute atomic E-state index is 0.0199. The Bertz CT molecular complexity index is 650. The highest BCUT2D eigenvalue weighted by Crippen LogP contribution is 2.19. The average Bonchev–Trinajstić information content (AvgIpc) is 2.80. The largest absolute Gasteiger partial charge is 0.384 e. The zero-order chi connectivity index (χ0) is 14.0. The smallest absolute Gasteiger partial charge is 0.285 e. The van der Waals surface area contributed by atoms with Crippen molar-refractivity contribution in [3.63, 3.8) is 0 Å². The predicted octanol–water partition coefficient (Wildman–Crippen LogP) is -0.0338. The van der Waals surface area contributed by atoms with Gasteiger partial charge in [0.05, 0.1) is 10.6 Å². The molecule has 0 aliphatic carbocycles. The molecule has 1 amide bonds. The molecule has 0 aliphatic heterocycles. The Labute approximate surface area is 106 Å². The Balaban J connectivity index is 2.47. The fourth-order valence-electron chi connectivity index (χ4n) is 1.53. The number of rotatable bonds is 3.